The Bertz CT molecular complexity index is 475. The standard InChI is InChI=1S/C10H14FNO2S/c1-10(2,13)7-4-5-9(8(11)6-7)15(3,12)14/h4-6,13H,3H2,1-2H3,(H2,12,14). The van der Waals surface area contributed by atoms with E-state index in [0.717, 1.165) is 6.07 Å². The smallest absolute Gasteiger partial charge is 0.140 e. The zero-order chi connectivity index (χ0) is 11.9. The van der Waals surface area contributed by atoms with E-state index in [1.54, 1.807) is 0 Å². The van der Waals surface area contributed by atoms with E-state index < -0.39 is 21.1 Å². The molecule has 0 radical (unpaired) electrons. The molecule has 1 rings (SSSR count). The summed E-state index contributed by atoms with van der Waals surface area (Å²) in [7, 11) is -3.05. The normalized spacial score (nSPS) is 16.1. The maximum Gasteiger partial charge on any atom is 0.140 e. The Morgan fingerprint density at radius 3 is 2.40 bits per heavy atom. The molecule has 5 heteroatoms. The molecule has 0 saturated heterocycles. The SMILES string of the molecule is C=S(N)(=O)c1ccc(C(C)(C)O)cc1F. The van der Waals surface area contributed by atoms with Crippen LogP contribution in [0.1, 0.15) is 19.4 Å². The summed E-state index contributed by atoms with van der Waals surface area (Å²) >= 11 is 0. The second-order valence-electron chi connectivity index (χ2n) is 3.93. The van der Waals surface area contributed by atoms with Crippen LogP contribution in [0.4, 0.5) is 4.39 Å². The van der Waals surface area contributed by atoms with Gasteiger partial charge < -0.3 is 5.11 Å². The number of hydrogen-bond acceptors (Lipinski definition) is 2. The van der Waals surface area contributed by atoms with Gasteiger partial charge >= 0.3 is 0 Å². The van der Waals surface area contributed by atoms with Crippen molar-refractivity contribution in [2.45, 2.75) is 24.3 Å². The summed E-state index contributed by atoms with van der Waals surface area (Å²) in [6.45, 7) is 3.07. The van der Waals surface area contributed by atoms with Crippen molar-refractivity contribution in [3.8, 4) is 0 Å². The molecule has 0 amide bonds. The highest BCUT2D eigenvalue weighted by Gasteiger charge is 2.19. The number of hydrogen-bond donors (Lipinski definition) is 2. The maximum atomic E-state index is 13.5. The van der Waals surface area contributed by atoms with Gasteiger partial charge in [0.25, 0.3) is 0 Å². The Labute approximate surface area is 88.9 Å². The van der Waals surface area contributed by atoms with Gasteiger partial charge in [0.1, 0.15) is 5.82 Å². The lowest BCUT2D eigenvalue weighted by molar-refractivity contribution is 0.0781. The van der Waals surface area contributed by atoms with Crippen molar-refractivity contribution in [2.75, 3.05) is 0 Å². The maximum absolute atomic E-state index is 13.5. The minimum Gasteiger partial charge on any atom is -0.386 e. The fraction of sp³-hybridized carbons (Fsp3) is 0.300. The predicted octanol–water partition coefficient (Wildman–Crippen LogP) is 1.00. The molecule has 1 atom stereocenters. The van der Waals surface area contributed by atoms with Crippen LogP contribution in [0, 0.1) is 5.82 Å². The van der Waals surface area contributed by atoms with Crippen LogP contribution in [0.2, 0.25) is 0 Å². The van der Waals surface area contributed by atoms with E-state index in [-0.39, 0.29) is 4.90 Å². The third-order valence-corrected chi connectivity index (χ3v) is 3.09. The van der Waals surface area contributed by atoms with Crippen LogP contribution < -0.4 is 5.14 Å². The summed E-state index contributed by atoms with van der Waals surface area (Å²) in [6, 6.07) is 3.89. The molecule has 0 spiro atoms. The van der Waals surface area contributed by atoms with E-state index in [2.05, 4.69) is 5.87 Å². The molecule has 0 bridgehead atoms. The number of benzene rings is 1. The Morgan fingerprint density at radius 2 is 2.07 bits per heavy atom. The minimum absolute atomic E-state index is 0.129. The van der Waals surface area contributed by atoms with Crippen molar-refractivity contribution in [3.63, 3.8) is 0 Å². The van der Waals surface area contributed by atoms with Gasteiger partial charge in [-0.1, -0.05) is 6.07 Å². The minimum atomic E-state index is -3.05. The van der Waals surface area contributed by atoms with Crippen LogP contribution in [0.3, 0.4) is 0 Å². The zero-order valence-corrected chi connectivity index (χ0v) is 9.47. The van der Waals surface area contributed by atoms with Gasteiger partial charge in [0.15, 0.2) is 0 Å². The molecule has 0 aliphatic carbocycles. The monoisotopic (exact) mass is 231 g/mol. The molecule has 3 nitrogen and oxygen atoms in total. The van der Waals surface area contributed by atoms with Gasteiger partial charge in [-0.25, -0.2) is 8.60 Å². The predicted molar refractivity (Wildman–Crippen MR) is 59.4 cm³/mol. The summed E-state index contributed by atoms with van der Waals surface area (Å²) in [5.74, 6) is 2.49. The number of halogens is 1. The molecular formula is C10H14FNO2S. The molecule has 0 aliphatic rings. The Balaban J connectivity index is 3.34. The van der Waals surface area contributed by atoms with Gasteiger partial charge in [-0.15, -0.1) is 0 Å². The molecule has 0 heterocycles. The Hall–Kier alpha value is -0.910. The first-order chi connectivity index (χ1) is 6.62. The fourth-order valence-electron chi connectivity index (χ4n) is 1.16. The Morgan fingerprint density at radius 1 is 1.53 bits per heavy atom. The Kier molecular flexibility index (Phi) is 2.91. The number of rotatable bonds is 2. The highest BCUT2D eigenvalue weighted by molar-refractivity contribution is 7.98. The average Bonchev–Trinajstić information content (AvgIpc) is 1.99. The summed E-state index contributed by atoms with van der Waals surface area (Å²) in [4.78, 5) is -0.129. The second kappa shape index (κ2) is 3.59. The molecule has 1 aromatic carbocycles. The van der Waals surface area contributed by atoms with Crippen molar-refractivity contribution in [1.29, 1.82) is 0 Å². The van der Waals surface area contributed by atoms with Crippen LogP contribution >= 0.6 is 0 Å². The van der Waals surface area contributed by atoms with E-state index >= 15 is 0 Å². The molecule has 15 heavy (non-hydrogen) atoms. The van der Waals surface area contributed by atoms with Crippen molar-refractivity contribution in [2.24, 2.45) is 5.14 Å². The van der Waals surface area contributed by atoms with Gasteiger partial charge in [-0.3, -0.25) is 5.14 Å². The molecule has 0 aliphatic heterocycles. The van der Waals surface area contributed by atoms with Gasteiger partial charge in [0, 0.05) is 0 Å². The lowest BCUT2D eigenvalue weighted by Crippen LogP contribution is -2.18. The van der Waals surface area contributed by atoms with Crippen LogP contribution in [0.25, 0.3) is 0 Å². The highest BCUT2D eigenvalue weighted by Crippen LogP contribution is 2.23. The molecular weight excluding hydrogens is 217 g/mol. The summed E-state index contributed by atoms with van der Waals surface area (Å²) in [5, 5.41) is 14.9. The van der Waals surface area contributed by atoms with E-state index in [9.17, 15) is 13.7 Å². The third-order valence-electron chi connectivity index (χ3n) is 2.01. The first-order valence-corrected chi connectivity index (χ1v) is 6.09. The summed E-state index contributed by atoms with van der Waals surface area (Å²) in [6.07, 6.45) is 0. The molecule has 0 saturated carbocycles. The topological polar surface area (TPSA) is 63.3 Å². The van der Waals surface area contributed by atoms with Crippen LogP contribution in [-0.4, -0.2) is 15.2 Å². The van der Waals surface area contributed by atoms with Gasteiger partial charge in [-0.05, 0) is 37.4 Å². The first-order valence-electron chi connectivity index (χ1n) is 4.30. The molecule has 0 aromatic heterocycles. The van der Waals surface area contributed by atoms with E-state index in [4.69, 9.17) is 5.14 Å². The van der Waals surface area contributed by atoms with Crippen molar-refractivity contribution in [3.05, 3.63) is 29.6 Å². The van der Waals surface area contributed by atoms with Gasteiger partial charge in [0.2, 0.25) is 0 Å². The number of aliphatic hydroxyl groups is 1. The number of nitrogens with two attached hydrogens (primary N) is 1. The lowest BCUT2D eigenvalue weighted by Gasteiger charge is -2.18. The molecule has 1 aromatic rings. The molecule has 84 valence electrons. The van der Waals surface area contributed by atoms with Gasteiger partial charge in [-0.2, -0.15) is 0 Å². The fourth-order valence-corrected chi connectivity index (χ4v) is 1.85. The lowest BCUT2D eigenvalue weighted by atomic mass is 9.99. The molecule has 1 unspecified atom stereocenters. The van der Waals surface area contributed by atoms with Crippen LogP contribution in [0.5, 0.6) is 0 Å². The molecule has 3 N–H and O–H groups in total. The van der Waals surface area contributed by atoms with E-state index in [1.165, 1.54) is 26.0 Å². The van der Waals surface area contributed by atoms with Crippen LogP contribution in [-0.2, 0) is 15.3 Å². The van der Waals surface area contributed by atoms with Crippen LogP contribution in [0.15, 0.2) is 23.1 Å². The van der Waals surface area contributed by atoms with E-state index in [1.807, 2.05) is 0 Å². The highest BCUT2D eigenvalue weighted by atomic mass is 32.2. The second-order valence-corrected chi connectivity index (χ2v) is 5.82. The molecule has 0 fully saturated rings. The zero-order valence-electron chi connectivity index (χ0n) is 8.66. The third kappa shape index (κ3) is 2.77. The van der Waals surface area contributed by atoms with Gasteiger partial charge in [0.05, 0.1) is 20.2 Å². The van der Waals surface area contributed by atoms with Crippen molar-refractivity contribution in [1.82, 2.24) is 0 Å². The van der Waals surface area contributed by atoms with E-state index in [0.29, 0.717) is 5.56 Å². The average molecular weight is 231 g/mol. The largest absolute Gasteiger partial charge is 0.386 e. The summed E-state index contributed by atoms with van der Waals surface area (Å²) in [5.41, 5.74) is -0.747. The van der Waals surface area contributed by atoms with Crippen molar-refractivity contribution < 1.29 is 13.7 Å². The van der Waals surface area contributed by atoms with Crippen molar-refractivity contribution >= 4 is 15.6 Å². The quantitative estimate of drug-likeness (QED) is 0.746. The summed E-state index contributed by atoms with van der Waals surface area (Å²) < 4.78 is 24.8. The first kappa shape index (κ1) is 12.2.